The molecule has 0 saturated heterocycles. The molecule has 0 aliphatic rings. The molecule has 20 heavy (non-hydrogen) atoms. The lowest BCUT2D eigenvalue weighted by atomic mass is 10.4. The van der Waals surface area contributed by atoms with E-state index >= 15 is 0 Å². The lowest BCUT2D eigenvalue weighted by molar-refractivity contribution is 0.735. The summed E-state index contributed by atoms with van der Waals surface area (Å²) in [6.07, 6.45) is 3.60. The summed E-state index contributed by atoms with van der Waals surface area (Å²) in [6, 6.07) is 1.55. The SMILES string of the molecule is CSc1nc2n(Cc3cnc(Cl)s3)c(C)cc(=O)n2n1. The molecule has 9 heteroatoms. The van der Waals surface area contributed by atoms with Gasteiger partial charge in [0.2, 0.25) is 10.9 Å². The highest BCUT2D eigenvalue weighted by atomic mass is 35.5. The molecule has 3 rings (SSSR count). The van der Waals surface area contributed by atoms with E-state index in [0.29, 0.717) is 21.9 Å². The normalized spacial score (nSPS) is 11.3. The summed E-state index contributed by atoms with van der Waals surface area (Å²) in [5, 5.41) is 4.75. The third-order valence-corrected chi connectivity index (χ3v) is 4.44. The van der Waals surface area contributed by atoms with Crippen molar-refractivity contribution in [1.29, 1.82) is 0 Å². The van der Waals surface area contributed by atoms with Crippen LogP contribution in [0.5, 0.6) is 0 Å². The van der Waals surface area contributed by atoms with Crippen LogP contribution in [0.4, 0.5) is 0 Å². The molecule has 0 spiro atoms. The highest BCUT2D eigenvalue weighted by molar-refractivity contribution is 7.98. The van der Waals surface area contributed by atoms with Crippen molar-refractivity contribution in [2.24, 2.45) is 0 Å². The van der Waals surface area contributed by atoms with Gasteiger partial charge in [0.1, 0.15) is 0 Å². The zero-order chi connectivity index (χ0) is 14.3. The molecular weight excluding hydrogens is 318 g/mol. The lowest BCUT2D eigenvalue weighted by Crippen LogP contribution is -2.20. The molecule has 0 radical (unpaired) electrons. The molecule has 0 aromatic carbocycles. The van der Waals surface area contributed by atoms with Gasteiger partial charge in [-0.2, -0.15) is 9.50 Å². The largest absolute Gasteiger partial charge is 0.309 e. The first-order chi connectivity index (χ1) is 9.58. The highest BCUT2D eigenvalue weighted by Crippen LogP contribution is 2.20. The summed E-state index contributed by atoms with van der Waals surface area (Å²) in [5.74, 6) is 0.531. The molecule has 104 valence electrons. The monoisotopic (exact) mass is 327 g/mol. The van der Waals surface area contributed by atoms with Gasteiger partial charge in [0.15, 0.2) is 4.47 Å². The van der Waals surface area contributed by atoms with Crippen molar-refractivity contribution in [3.63, 3.8) is 0 Å². The van der Waals surface area contributed by atoms with Crippen molar-refractivity contribution in [2.75, 3.05) is 6.26 Å². The summed E-state index contributed by atoms with van der Waals surface area (Å²) in [4.78, 5) is 21.4. The third-order valence-electron chi connectivity index (χ3n) is 2.80. The molecule has 0 saturated carbocycles. The molecule has 3 aromatic heterocycles. The fraction of sp³-hybridized carbons (Fsp3) is 0.273. The topological polar surface area (TPSA) is 65.1 Å². The van der Waals surface area contributed by atoms with Crippen LogP contribution >= 0.6 is 34.7 Å². The first kappa shape index (κ1) is 13.6. The zero-order valence-corrected chi connectivity index (χ0v) is 13.1. The quantitative estimate of drug-likeness (QED) is 0.689. The highest BCUT2D eigenvalue weighted by Gasteiger charge is 2.13. The maximum absolute atomic E-state index is 11.9. The van der Waals surface area contributed by atoms with Crippen LogP contribution in [0, 0.1) is 6.92 Å². The second-order valence-corrected chi connectivity index (χ2v) is 6.57. The van der Waals surface area contributed by atoms with Crippen molar-refractivity contribution < 1.29 is 0 Å². The Morgan fingerprint density at radius 2 is 2.30 bits per heavy atom. The second-order valence-electron chi connectivity index (χ2n) is 4.10. The molecular formula is C11H10ClN5OS2. The molecule has 3 aromatic rings. The van der Waals surface area contributed by atoms with E-state index in [-0.39, 0.29) is 5.56 Å². The molecule has 3 heterocycles. The number of rotatable bonds is 3. The smallest absolute Gasteiger partial charge is 0.275 e. The Hall–Kier alpha value is -1.38. The summed E-state index contributed by atoms with van der Waals surface area (Å²) in [7, 11) is 0. The van der Waals surface area contributed by atoms with E-state index < -0.39 is 0 Å². The van der Waals surface area contributed by atoms with E-state index in [1.54, 1.807) is 12.3 Å². The van der Waals surface area contributed by atoms with Crippen LogP contribution < -0.4 is 5.56 Å². The Morgan fingerprint density at radius 1 is 1.50 bits per heavy atom. The van der Waals surface area contributed by atoms with Gasteiger partial charge in [-0.1, -0.05) is 23.4 Å². The van der Waals surface area contributed by atoms with Crippen LogP contribution in [0.25, 0.3) is 5.78 Å². The van der Waals surface area contributed by atoms with E-state index in [4.69, 9.17) is 11.6 Å². The van der Waals surface area contributed by atoms with Crippen molar-refractivity contribution in [2.45, 2.75) is 18.6 Å². The third kappa shape index (κ3) is 2.34. The van der Waals surface area contributed by atoms with Crippen molar-refractivity contribution in [1.82, 2.24) is 24.1 Å². The molecule has 0 unspecified atom stereocenters. The van der Waals surface area contributed by atoms with Crippen LogP contribution in [0.1, 0.15) is 10.6 Å². The van der Waals surface area contributed by atoms with Crippen molar-refractivity contribution in [3.05, 3.63) is 37.7 Å². The summed E-state index contributed by atoms with van der Waals surface area (Å²) < 4.78 is 3.75. The van der Waals surface area contributed by atoms with Gasteiger partial charge < -0.3 is 4.57 Å². The number of halogens is 1. The van der Waals surface area contributed by atoms with Gasteiger partial charge in [-0.15, -0.1) is 16.4 Å². The van der Waals surface area contributed by atoms with Crippen LogP contribution in [0.2, 0.25) is 4.47 Å². The fourth-order valence-electron chi connectivity index (χ4n) is 1.88. The Kier molecular flexibility index (Phi) is 3.53. The van der Waals surface area contributed by atoms with Gasteiger partial charge in [0, 0.05) is 22.8 Å². The Bertz CT molecular complexity index is 837. The second kappa shape index (κ2) is 5.19. The van der Waals surface area contributed by atoms with Crippen molar-refractivity contribution in [3.8, 4) is 0 Å². The number of thioether (sulfide) groups is 1. The van der Waals surface area contributed by atoms with E-state index in [2.05, 4.69) is 15.1 Å². The molecule has 0 bridgehead atoms. The Morgan fingerprint density at radius 3 is 2.95 bits per heavy atom. The van der Waals surface area contributed by atoms with E-state index in [9.17, 15) is 4.79 Å². The molecule has 0 fully saturated rings. The van der Waals surface area contributed by atoms with Gasteiger partial charge in [-0.3, -0.25) is 4.79 Å². The summed E-state index contributed by atoms with van der Waals surface area (Å²) in [6.45, 7) is 2.43. The standard InChI is InChI=1S/C11H10ClN5OS2/c1-6-3-8(18)17-11(14-10(15-17)19-2)16(6)5-7-4-13-9(12)20-7/h3-4H,5H2,1-2H3. The lowest BCUT2D eigenvalue weighted by Gasteiger charge is -2.09. The predicted molar refractivity (Wildman–Crippen MR) is 80.0 cm³/mol. The minimum absolute atomic E-state index is 0.177. The van der Waals surface area contributed by atoms with Crippen LogP contribution in [0.15, 0.2) is 22.2 Å². The van der Waals surface area contributed by atoms with Crippen LogP contribution in [0.3, 0.4) is 0 Å². The maximum atomic E-state index is 11.9. The number of fused-ring (bicyclic) bond motifs is 1. The van der Waals surface area contributed by atoms with Gasteiger partial charge in [-0.05, 0) is 13.2 Å². The van der Waals surface area contributed by atoms with Gasteiger partial charge in [-0.25, -0.2) is 4.98 Å². The van der Waals surface area contributed by atoms with Crippen molar-refractivity contribution >= 4 is 40.5 Å². The van der Waals surface area contributed by atoms with E-state index in [0.717, 1.165) is 10.6 Å². The van der Waals surface area contributed by atoms with Gasteiger partial charge in [0.05, 0.1) is 6.54 Å². The average molecular weight is 328 g/mol. The molecule has 0 aliphatic carbocycles. The minimum Gasteiger partial charge on any atom is -0.309 e. The average Bonchev–Trinajstić information content (AvgIpc) is 3.01. The first-order valence-electron chi connectivity index (χ1n) is 5.70. The number of hydrogen-bond donors (Lipinski definition) is 0. The molecule has 0 N–H and O–H groups in total. The molecule has 6 nitrogen and oxygen atoms in total. The summed E-state index contributed by atoms with van der Waals surface area (Å²) >= 11 is 8.66. The number of thiazole rings is 1. The molecule has 0 amide bonds. The number of aryl methyl sites for hydroxylation is 1. The van der Waals surface area contributed by atoms with Gasteiger partial charge in [0.25, 0.3) is 5.56 Å². The van der Waals surface area contributed by atoms with Crippen LogP contribution in [-0.4, -0.2) is 30.4 Å². The van der Waals surface area contributed by atoms with Gasteiger partial charge >= 0.3 is 0 Å². The number of hydrogen-bond acceptors (Lipinski definition) is 6. The number of aromatic nitrogens is 5. The Balaban J connectivity index is 2.18. The zero-order valence-electron chi connectivity index (χ0n) is 10.7. The van der Waals surface area contributed by atoms with Crippen LogP contribution in [-0.2, 0) is 6.54 Å². The van der Waals surface area contributed by atoms with E-state index in [1.165, 1.54) is 27.6 Å². The summed E-state index contributed by atoms with van der Waals surface area (Å²) in [5.41, 5.74) is 0.649. The Labute approximate surface area is 127 Å². The fourth-order valence-corrected chi connectivity index (χ4v) is 3.18. The first-order valence-corrected chi connectivity index (χ1v) is 8.12. The number of nitrogens with zero attached hydrogens (tertiary/aromatic N) is 5. The predicted octanol–water partition coefficient (Wildman–Crippen LogP) is 2.08. The van der Waals surface area contributed by atoms with E-state index in [1.807, 2.05) is 17.7 Å². The maximum Gasteiger partial charge on any atom is 0.275 e. The molecule has 0 aliphatic heterocycles. The minimum atomic E-state index is -0.177. The molecule has 0 atom stereocenters.